The minimum atomic E-state index is -3.61. The molecule has 0 aromatic heterocycles. The standard InChI is InChI=1S/C14H22N4O3S/c1-18(9-10-19)22(20,21)13-6-3-2-5-12(13)11-17-14-15-7-4-8-16-14/h2-3,5-6,19H,4,7-11H2,1H3,(H2,15,16,17). The van der Waals surface area contributed by atoms with E-state index in [1.54, 1.807) is 24.3 Å². The van der Waals surface area contributed by atoms with Crippen molar-refractivity contribution in [3.63, 3.8) is 0 Å². The summed E-state index contributed by atoms with van der Waals surface area (Å²) in [6.45, 7) is 1.86. The number of sulfonamides is 1. The number of hydrogen-bond acceptors (Lipinski definition) is 6. The van der Waals surface area contributed by atoms with Crippen LogP contribution in [0.15, 0.2) is 34.2 Å². The van der Waals surface area contributed by atoms with Crippen LogP contribution in [0, 0.1) is 0 Å². The lowest BCUT2D eigenvalue weighted by Gasteiger charge is -2.20. The Balaban J connectivity index is 2.17. The highest BCUT2D eigenvalue weighted by Crippen LogP contribution is 2.19. The summed E-state index contributed by atoms with van der Waals surface area (Å²) in [5, 5.41) is 15.2. The van der Waals surface area contributed by atoms with Gasteiger partial charge in [0.25, 0.3) is 0 Å². The molecule has 1 aromatic rings. The molecule has 7 nitrogen and oxygen atoms in total. The molecule has 8 heteroatoms. The number of nitrogens with one attached hydrogen (secondary N) is 2. The molecular weight excluding hydrogens is 304 g/mol. The fourth-order valence-electron chi connectivity index (χ4n) is 2.16. The maximum atomic E-state index is 12.5. The Hall–Kier alpha value is -1.64. The first kappa shape index (κ1) is 16.7. The van der Waals surface area contributed by atoms with E-state index in [1.807, 2.05) is 0 Å². The fourth-order valence-corrected chi connectivity index (χ4v) is 3.54. The van der Waals surface area contributed by atoms with Crippen molar-refractivity contribution in [1.29, 1.82) is 0 Å². The van der Waals surface area contributed by atoms with Crippen molar-refractivity contribution in [3.8, 4) is 0 Å². The molecule has 1 heterocycles. The monoisotopic (exact) mass is 326 g/mol. The second-order valence-corrected chi connectivity index (χ2v) is 7.04. The number of aliphatic hydroxyl groups excluding tert-OH is 1. The molecule has 0 atom stereocenters. The minimum Gasteiger partial charge on any atom is -0.395 e. The van der Waals surface area contributed by atoms with E-state index in [1.165, 1.54) is 7.05 Å². The molecular formula is C14H22N4O3S. The number of guanidine groups is 1. The summed E-state index contributed by atoms with van der Waals surface area (Å²) < 4.78 is 26.2. The van der Waals surface area contributed by atoms with Crippen LogP contribution in [0.1, 0.15) is 12.0 Å². The predicted octanol–water partition coefficient (Wildman–Crippen LogP) is -0.262. The first-order chi connectivity index (χ1) is 10.6. The normalized spacial score (nSPS) is 15.3. The third-order valence-electron chi connectivity index (χ3n) is 3.42. The molecule has 3 N–H and O–H groups in total. The molecule has 2 rings (SSSR count). The van der Waals surface area contributed by atoms with Crippen LogP contribution >= 0.6 is 0 Å². The highest BCUT2D eigenvalue weighted by atomic mass is 32.2. The zero-order valence-corrected chi connectivity index (χ0v) is 13.4. The second kappa shape index (κ2) is 7.57. The van der Waals surface area contributed by atoms with Gasteiger partial charge >= 0.3 is 0 Å². The first-order valence-corrected chi connectivity index (χ1v) is 8.67. The number of aliphatic hydroxyl groups is 1. The Bertz CT molecular complexity index is 631. The summed E-state index contributed by atoms with van der Waals surface area (Å²) >= 11 is 0. The zero-order chi connectivity index (χ0) is 16.0. The van der Waals surface area contributed by atoms with Gasteiger partial charge in [-0.2, -0.15) is 4.31 Å². The SMILES string of the molecule is CN(CCO)S(=O)(=O)c1ccccc1CNC1=NCCCN1. The van der Waals surface area contributed by atoms with Gasteiger partial charge in [-0.15, -0.1) is 0 Å². The van der Waals surface area contributed by atoms with E-state index < -0.39 is 10.0 Å². The van der Waals surface area contributed by atoms with E-state index in [-0.39, 0.29) is 18.0 Å². The van der Waals surface area contributed by atoms with Crippen molar-refractivity contribution < 1.29 is 13.5 Å². The Morgan fingerprint density at radius 2 is 2.18 bits per heavy atom. The van der Waals surface area contributed by atoms with Crippen LogP contribution in [0.5, 0.6) is 0 Å². The minimum absolute atomic E-state index is 0.0678. The molecule has 0 fully saturated rings. The first-order valence-electron chi connectivity index (χ1n) is 7.23. The fraction of sp³-hybridized carbons (Fsp3) is 0.500. The molecule has 0 saturated heterocycles. The van der Waals surface area contributed by atoms with E-state index in [9.17, 15) is 8.42 Å². The van der Waals surface area contributed by atoms with Crippen LogP contribution in [-0.2, 0) is 16.6 Å². The van der Waals surface area contributed by atoms with Crippen LogP contribution in [0.25, 0.3) is 0 Å². The third-order valence-corrected chi connectivity index (χ3v) is 5.38. The summed E-state index contributed by atoms with van der Waals surface area (Å²) in [6.07, 6.45) is 1.00. The maximum absolute atomic E-state index is 12.5. The zero-order valence-electron chi connectivity index (χ0n) is 12.6. The van der Waals surface area contributed by atoms with Crippen LogP contribution in [0.2, 0.25) is 0 Å². The molecule has 0 aliphatic carbocycles. The predicted molar refractivity (Wildman–Crippen MR) is 85.1 cm³/mol. The van der Waals surface area contributed by atoms with Gasteiger partial charge in [0.05, 0.1) is 11.5 Å². The summed E-state index contributed by atoms with van der Waals surface area (Å²) in [7, 11) is -2.15. The summed E-state index contributed by atoms with van der Waals surface area (Å²) in [5.41, 5.74) is 0.669. The van der Waals surface area contributed by atoms with Gasteiger partial charge in [0, 0.05) is 33.2 Å². The molecule has 1 aliphatic rings. The average molecular weight is 326 g/mol. The lowest BCUT2D eigenvalue weighted by atomic mass is 10.2. The van der Waals surface area contributed by atoms with E-state index >= 15 is 0 Å². The van der Waals surface area contributed by atoms with E-state index in [0.29, 0.717) is 18.1 Å². The van der Waals surface area contributed by atoms with Crippen molar-refractivity contribution in [2.75, 3.05) is 33.3 Å². The van der Waals surface area contributed by atoms with Crippen molar-refractivity contribution >= 4 is 16.0 Å². The highest BCUT2D eigenvalue weighted by molar-refractivity contribution is 7.89. The number of hydrogen-bond donors (Lipinski definition) is 3. The van der Waals surface area contributed by atoms with Crippen molar-refractivity contribution in [2.24, 2.45) is 4.99 Å². The van der Waals surface area contributed by atoms with Gasteiger partial charge in [-0.25, -0.2) is 8.42 Å². The average Bonchev–Trinajstić information content (AvgIpc) is 2.54. The Morgan fingerprint density at radius 3 is 2.86 bits per heavy atom. The van der Waals surface area contributed by atoms with Gasteiger partial charge < -0.3 is 15.7 Å². The van der Waals surface area contributed by atoms with Gasteiger partial charge in [0.1, 0.15) is 0 Å². The number of aliphatic imine (C=N–C) groups is 1. The van der Waals surface area contributed by atoms with Crippen LogP contribution in [0.4, 0.5) is 0 Å². The molecule has 22 heavy (non-hydrogen) atoms. The van der Waals surface area contributed by atoms with Crippen molar-refractivity contribution in [3.05, 3.63) is 29.8 Å². The lowest BCUT2D eigenvalue weighted by molar-refractivity contribution is 0.266. The second-order valence-electron chi connectivity index (χ2n) is 5.02. The van der Waals surface area contributed by atoms with Crippen LogP contribution in [0.3, 0.4) is 0 Å². The molecule has 0 saturated carbocycles. The third kappa shape index (κ3) is 3.96. The quantitative estimate of drug-likeness (QED) is 0.669. The Kier molecular flexibility index (Phi) is 5.76. The summed E-state index contributed by atoms with van der Waals surface area (Å²) in [5.74, 6) is 0.696. The van der Waals surface area contributed by atoms with Gasteiger partial charge in [0.2, 0.25) is 10.0 Å². The Morgan fingerprint density at radius 1 is 1.41 bits per heavy atom. The number of benzene rings is 1. The number of rotatable bonds is 6. The lowest BCUT2D eigenvalue weighted by Crippen LogP contribution is -2.40. The topological polar surface area (TPSA) is 94.0 Å². The Labute approximate surface area is 131 Å². The summed E-state index contributed by atoms with van der Waals surface area (Å²) in [6, 6.07) is 6.85. The van der Waals surface area contributed by atoms with Crippen LogP contribution in [-0.4, -0.2) is 57.1 Å². The number of nitrogens with zero attached hydrogens (tertiary/aromatic N) is 2. The van der Waals surface area contributed by atoms with Crippen molar-refractivity contribution in [1.82, 2.24) is 14.9 Å². The van der Waals surface area contributed by atoms with Gasteiger partial charge in [0.15, 0.2) is 5.96 Å². The van der Waals surface area contributed by atoms with Gasteiger partial charge in [-0.3, -0.25) is 4.99 Å². The molecule has 0 bridgehead atoms. The van der Waals surface area contributed by atoms with Gasteiger partial charge in [-0.05, 0) is 18.1 Å². The molecule has 1 aromatic carbocycles. The maximum Gasteiger partial charge on any atom is 0.243 e. The van der Waals surface area contributed by atoms with Crippen LogP contribution < -0.4 is 10.6 Å². The van der Waals surface area contributed by atoms with E-state index in [4.69, 9.17) is 5.11 Å². The molecule has 122 valence electrons. The largest absolute Gasteiger partial charge is 0.395 e. The smallest absolute Gasteiger partial charge is 0.243 e. The van der Waals surface area contributed by atoms with Crippen molar-refractivity contribution in [2.45, 2.75) is 17.9 Å². The van der Waals surface area contributed by atoms with E-state index in [2.05, 4.69) is 15.6 Å². The molecule has 0 amide bonds. The highest BCUT2D eigenvalue weighted by Gasteiger charge is 2.23. The molecule has 0 radical (unpaired) electrons. The van der Waals surface area contributed by atoms with Gasteiger partial charge in [-0.1, -0.05) is 18.2 Å². The molecule has 0 unspecified atom stereocenters. The summed E-state index contributed by atoms with van der Waals surface area (Å²) in [4.78, 5) is 4.55. The molecule has 0 spiro atoms. The molecule has 1 aliphatic heterocycles. The van der Waals surface area contributed by atoms with E-state index in [0.717, 1.165) is 23.8 Å². The number of likely N-dealkylation sites (N-methyl/N-ethyl adjacent to an activating group) is 1.